The van der Waals surface area contributed by atoms with Crippen molar-refractivity contribution in [2.24, 2.45) is 0 Å². The molecule has 1 aliphatic rings. The van der Waals surface area contributed by atoms with Gasteiger partial charge in [0, 0.05) is 55.0 Å². The zero-order valence-corrected chi connectivity index (χ0v) is 25.1. The molecule has 1 unspecified atom stereocenters. The van der Waals surface area contributed by atoms with E-state index in [9.17, 15) is 30.2 Å². The fraction of sp³-hybridized carbons (Fsp3) is 0.414. The van der Waals surface area contributed by atoms with Crippen molar-refractivity contribution in [3.63, 3.8) is 0 Å². The summed E-state index contributed by atoms with van der Waals surface area (Å²) in [6.07, 6.45) is -0.174. The molecule has 0 saturated carbocycles. The van der Waals surface area contributed by atoms with Gasteiger partial charge in [-0.05, 0) is 70.6 Å². The number of alkyl halides is 3. The average molecular weight is 627 g/mol. The molecular weight excluding hydrogens is 592 g/mol. The maximum atomic E-state index is 14.3. The van der Waals surface area contributed by atoms with Gasteiger partial charge in [0.05, 0.1) is 28.3 Å². The molecule has 1 atom stereocenters. The van der Waals surface area contributed by atoms with Crippen LogP contribution in [0.3, 0.4) is 0 Å². The minimum Gasteiger partial charge on any atom is -0.382 e. The molecule has 42 heavy (non-hydrogen) atoms. The number of hydrogen-bond donors (Lipinski definition) is 2. The lowest BCUT2D eigenvalue weighted by atomic mass is 10.0. The summed E-state index contributed by atoms with van der Waals surface area (Å²) in [7, 11) is -5.62. The third kappa shape index (κ3) is 8.65. The van der Waals surface area contributed by atoms with Crippen LogP contribution in [0.4, 0.5) is 28.9 Å². The van der Waals surface area contributed by atoms with E-state index in [0.29, 0.717) is 16.7 Å². The predicted octanol–water partition coefficient (Wildman–Crippen LogP) is 4.43. The van der Waals surface area contributed by atoms with Crippen molar-refractivity contribution in [1.29, 1.82) is 0 Å². The molecule has 1 fully saturated rings. The smallest absolute Gasteiger partial charge is 0.382 e. The minimum absolute atomic E-state index is 0.0275. The number of aromatic nitrogens is 1. The Balaban J connectivity index is 1.51. The zero-order chi connectivity index (χ0) is 30.7. The van der Waals surface area contributed by atoms with Gasteiger partial charge in [0.15, 0.2) is 9.84 Å². The quantitative estimate of drug-likeness (QED) is 0.208. The number of rotatable bonds is 9. The summed E-state index contributed by atoms with van der Waals surface area (Å²) in [5, 5.41) is 6.85. The van der Waals surface area contributed by atoms with E-state index in [0.717, 1.165) is 55.1 Å². The summed E-state index contributed by atoms with van der Waals surface area (Å²) in [5.74, 6) is 9.01. The van der Waals surface area contributed by atoms with Gasteiger partial charge in [-0.3, -0.25) is 4.21 Å². The van der Waals surface area contributed by atoms with E-state index < -0.39 is 37.9 Å². The lowest BCUT2D eigenvalue weighted by Crippen LogP contribution is -2.41. The number of fused-ring (bicyclic) bond motifs is 1. The molecular formula is C29H34F4N4O3S2. The molecule has 0 bridgehead atoms. The van der Waals surface area contributed by atoms with Crippen LogP contribution in [0.25, 0.3) is 10.9 Å². The van der Waals surface area contributed by atoms with Gasteiger partial charge >= 0.3 is 6.18 Å². The van der Waals surface area contributed by atoms with E-state index in [1.165, 1.54) is 12.1 Å². The number of hydrogen-bond acceptors (Lipinski definition) is 6. The molecule has 0 spiro atoms. The highest BCUT2D eigenvalue weighted by Gasteiger charge is 2.30. The van der Waals surface area contributed by atoms with Crippen molar-refractivity contribution in [3.8, 4) is 11.8 Å². The molecule has 2 heterocycles. The number of likely N-dealkylation sites (tertiary alicyclic amines) is 1. The summed E-state index contributed by atoms with van der Waals surface area (Å²) in [6, 6.07) is 10.4. The minimum atomic E-state index is -4.47. The van der Waals surface area contributed by atoms with Crippen LogP contribution >= 0.6 is 0 Å². The van der Waals surface area contributed by atoms with Crippen molar-refractivity contribution in [1.82, 2.24) is 9.47 Å². The van der Waals surface area contributed by atoms with Crippen molar-refractivity contribution in [2.45, 2.75) is 36.5 Å². The number of nitrogens with one attached hydrogen (secondary N) is 2. The highest BCUT2D eigenvalue weighted by Crippen LogP contribution is 2.31. The Labute approximate surface area is 244 Å². The topological polar surface area (TPSA) is 83.4 Å². The third-order valence-electron chi connectivity index (χ3n) is 7.02. The average Bonchev–Trinajstić information content (AvgIpc) is 3.22. The molecule has 1 aromatic heterocycles. The highest BCUT2D eigenvalue weighted by molar-refractivity contribution is 7.99. The summed E-state index contributed by atoms with van der Waals surface area (Å²) in [6.45, 7) is 1.06. The van der Waals surface area contributed by atoms with Gasteiger partial charge in [0.1, 0.15) is 12.4 Å². The standard InChI is InChI=1S/C29H34F4N4O3S2/c1-41(2,38)17-16-36-14-11-21(12-15-36)35-26-7-4-8-28-24(26)18-22(37(28)20-29(31,32)33)6-5-13-34-27-10-9-23(19-25(27)30)42(3,39)40/h4,7-10,18-19,21,34-35H,1,11-17,20H2,2-3H3. The zero-order valence-electron chi connectivity index (χ0n) is 23.4. The second kappa shape index (κ2) is 12.6. The van der Waals surface area contributed by atoms with Crippen molar-refractivity contribution in [3.05, 3.63) is 54.0 Å². The molecule has 1 aliphatic heterocycles. The second-order valence-corrected chi connectivity index (χ2v) is 15.5. The van der Waals surface area contributed by atoms with Gasteiger partial charge in [-0.25, -0.2) is 12.8 Å². The number of anilines is 2. The van der Waals surface area contributed by atoms with E-state index in [4.69, 9.17) is 0 Å². The fourth-order valence-electron chi connectivity index (χ4n) is 4.85. The molecule has 0 amide bonds. The second-order valence-electron chi connectivity index (χ2n) is 10.7. The maximum Gasteiger partial charge on any atom is 0.406 e. The van der Waals surface area contributed by atoms with Crippen LogP contribution in [0.5, 0.6) is 0 Å². The Bertz CT molecular complexity index is 1710. The Morgan fingerprint density at radius 2 is 1.76 bits per heavy atom. The van der Waals surface area contributed by atoms with Crippen LogP contribution in [0.1, 0.15) is 18.5 Å². The molecule has 7 nitrogen and oxygen atoms in total. The van der Waals surface area contributed by atoms with Gasteiger partial charge in [-0.15, -0.1) is 0 Å². The first-order valence-corrected chi connectivity index (χ1v) is 17.5. The van der Waals surface area contributed by atoms with Gasteiger partial charge in [0.25, 0.3) is 0 Å². The van der Waals surface area contributed by atoms with Gasteiger partial charge in [0.2, 0.25) is 0 Å². The molecule has 3 aromatic rings. The van der Waals surface area contributed by atoms with Crippen molar-refractivity contribution < 1.29 is 30.2 Å². The molecule has 0 radical (unpaired) electrons. The Kier molecular flexibility index (Phi) is 9.49. The molecule has 0 aliphatic carbocycles. The van der Waals surface area contributed by atoms with Gasteiger partial charge in [-0.1, -0.05) is 12.0 Å². The van der Waals surface area contributed by atoms with Crippen LogP contribution in [0.2, 0.25) is 0 Å². The van der Waals surface area contributed by atoms with Crippen molar-refractivity contribution in [2.75, 3.05) is 55.1 Å². The number of halogens is 4. The van der Waals surface area contributed by atoms with E-state index in [-0.39, 0.29) is 28.9 Å². The van der Waals surface area contributed by atoms with Gasteiger partial charge in [-0.2, -0.15) is 13.2 Å². The molecule has 13 heteroatoms. The SMILES string of the molecule is C=S(C)(=O)CCN1CCC(Nc2cccc3c2cc(C#CCNc2ccc(S(C)(=O)=O)cc2F)n3CC(F)(F)F)CC1. The molecule has 2 N–H and O–H groups in total. The van der Waals surface area contributed by atoms with Crippen LogP contribution in [-0.2, 0) is 25.9 Å². The third-order valence-corrected chi connectivity index (χ3v) is 9.18. The molecule has 1 saturated heterocycles. The first-order valence-electron chi connectivity index (χ1n) is 13.3. The van der Waals surface area contributed by atoms with E-state index in [1.54, 1.807) is 24.5 Å². The Morgan fingerprint density at radius 3 is 2.38 bits per heavy atom. The predicted molar refractivity (Wildman–Crippen MR) is 162 cm³/mol. The lowest BCUT2D eigenvalue weighted by molar-refractivity contribution is -0.140. The van der Waals surface area contributed by atoms with Crippen LogP contribution in [-0.4, -0.2) is 84.6 Å². The first-order chi connectivity index (χ1) is 19.6. The van der Waals surface area contributed by atoms with Crippen molar-refractivity contribution >= 4 is 47.5 Å². The summed E-state index contributed by atoms with van der Waals surface area (Å²) < 4.78 is 91.2. The van der Waals surface area contributed by atoms with E-state index in [2.05, 4.69) is 33.2 Å². The highest BCUT2D eigenvalue weighted by atomic mass is 32.2. The normalized spacial score (nSPS) is 16.5. The van der Waals surface area contributed by atoms with Crippen LogP contribution in [0, 0.1) is 17.7 Å². The van der Waals surface area contributed by atoms with E-state index >= 15 is 0 Å². The summed E-state index contributed by atoms with van der Waals surface area (Å²) in [5.41, 5.74) is 1.30. The molecule has 2 aromatic carbocycles. The van der Waals surface area contributed by atoms with Gasteiger partial charge < -0.3 is 20.1 Å². The summed E-state index contributed by atoms with van der Waals surface area (Å²) in [4.78, 5) is 2.09. The molecule has 4 rings (SSSR count). The van der Waals surface area contributed by atoms with Crippen LogP contribution < -0.4 is 10.6 Å². The number of sulfone groups is 1. The first kappa shape index (κ1) is 31.7. The largest absolute Gasteiger partial charge is 0.406 e. The number of piperidine rings is 1. The number of nitrogens with zero attached hydrogens (tertiary/aromatic N) is 2. The Morgan fingerprint density at radius 1 is 1.05 bits per heavy atom. The fourth-order valence-corrected chi connectivity index (χ4v) is 6.13. The van der Waals surface area contributed by atoms with Crippen LogP contribution in [0.15, 0.2) is 47.4 Å². The maximum absolute atomic E-state index is 14.3. The molecule has 228 valence electrons. The van der Waals surface area contributed by atoms with E-state index in [1.807, 2.05) is 6.07 Å². The Hall–Kier alpha value is -3.21. The number of benzene rings is 2. The monoisotopic (exact) mass is 626 g/mol. The summed E-state index contributed by atoms with van der Waals surface area (Å²) >= 11 is 0. The lowest BCUT2D eigenvalue weighted by Gasteiger charge is -2.33.